The van der Waals surface area contributed by atoms with Gasteiger partial charge in [0.25, 0.3) is 0 Å². The van der Waals surface area contributed by atoms with Crippen LogP contribution in [0.15, 0.2) is 30.3 Å². The minimum atomic E-state index is -1.11. The van der Waals surface area contributed by atoms with E-state index in [0.717, 1.165) is 6.07 Å². The highest BCUT2D eigenvalue weighted by Crippen LogP contribution is 2.45. The largest absolute Gasteiger partial charge is 0.479 e. The maximum absolute atomic E-state index is 14.0. The molecule has 1 N–H and O–H groups in total. The van der Waals surface area contributed by atoms with Gasteiger partial charge in [0.15, 0.2) is 6.10 Å². The molecule has 0 aliphatic carbocycles. The lowest BCUT2D eigenvalue weighted by Crippen LogP contribution is -2.26. The molecular formula is C18H12Cl2F2O3S. The van der Waals surface area contributed by atoms with Crippen molar-refractivity contribution in [2.24, 2.45) is 0 Å². The molecule has 0 fully saturated rings. The standard InChI is InChI=1S/C18H12Cl2F2O3S/c1-2-12(18(23)24)25-13-5-8-6-14(26-17(8)16(20)15(13)19)10-4-3-9(21)7-11(10)22/h3-7,12H,2H2,1H3,(H,23,24). The molecule has 1 atom stereocenters. The Balaban J connectivity index is 2.10. The third-order valence-electron chi connectivity index (χ3n) is 3.77. The van der Waals surface area contributed by atoms with Gasteiger partial charge < -0.3 is 9.84 Å². The molecule has 3 aromatic rings. The molecule has 0 aliphatic rings. The zero-order valence-electron chi connectivity index (χ0n) is 13.4. The lowest BCUT2D eigenvalue weighted by atomic mass is 10.1. The van der Waals surface area contributed by atoms with Crippen LogP contribution in [0.3, 0.4) is 0 Å². The first-order valence-electron chi connectivity index (χ1n) is 7.58. The van der Waals surface area contributed by atoms with Crippen LogP contribution in [0.2, 0.25) is 10.0 Å². The van der Waals surface area contributed by atoms with Gasteiger partial charge in [-0.25, -0.2) is 13.6 Å². The summed E-state index contributed by atoms with van der Waals surface area (Å²) in [5.41, 5.74) is 0.235. The SMILES string of the molecule is CCC(Oc1cc2cc(-c3ccc(F)cc3F)sc2c(Cl)c1Cl)C(=O)O. The maximum Gasteiger partial charge on any atom is 0.344 e. The molecule has 3 rings (SSSR count). The Morgan fingerprint density at radius 3 is 2.58 bits per heavy atom. The Morgan fingerprint density at radius 2 is 1.96 bits per heavy atom. The number of carboxylic acid groups (broad SMARTS) is 1. The smallest absolute Gasteiger partial charge is 0.344 e. The quantitative estimate of drug-likeness (QED) is 0.523. The topological polar surface area (TPSA) is 46.5 Å². The third kappa shape index (κ3) is 3.49. The van der Waals surface area contributed by atoms with Gasteiger partial charge in [0, 0.05) is 16.5 Å². The summed E-state index contributed by atoms with van der Waals surface area (Å²) in [4.78, 5) is 11.7. The van der Waals surface area contributed by atoms with Gasteiger partial charge in [-0.1, -0.05) is 30.1 Å². The Morgan fingerprint density at radius 1 is 1.23 bits per heavy atom. The molecule has 8 heteroatoms. The summed E-state index contributed by atoms with van der Waals surface area (Å²) in [7, 11) is 0. The number of carboxylic acids is 1. The summed E-state index contributed by atoms with van der Waals surface area (Å²) in [6, 6.07) is 6.57. The molecule has 0 saturated carbocycles. The van der Waals surface area contributed by atoms with Crippen molar-refractivity contribution in [1.82, 2.24) is 0 Å². The molecule has 1 unspecified atom stereocenters. The van der Waals surface area contributed by atoms with Crippen molar-refractivity contribution in [2.75, 3.05) is 0 Å². The summed E-state index contributed by atoms with van der Waals surface area (Å²) >= 11 is 13.7. The molecule has 1 aromatic heterocycles. The van der Waals surface area contributed by atoms with Crippen molar-refractivity contribution < 1.29 is 23.4 Å². The Kier molecular flexibility index (Phi) is 5.37. The van der Waals surface area contributed by atoms with Crippen LogP contribution in [-0.4, -0.2) is 17.2 Å². The molecule has 136 valence electrons. The fourth-order valence-electron chi connectivity index (χ4n) is 2.47. The zero-order chi connectivity index (χ0) is 19.0. The van der Waals surface area contributed by atoms with E-state index in [1.165, 1.54) is 23.5 Å². The molecule has 0 radical (unpaired) electrons. The van der Waals surface area contributed by atoms with Gasteiger partial charge in [-0.3, -0.25) is 0 Å². The number of ether oxygens (including phenoxy) is 1. The molecule has 0 bridgehead atoms. The number of hydrogen-bond acceptors (Lipinski definition) is 3. The number of carbonyl (C=O) groups is 1. The number of rotatable bonds is 5. The molecule has 0 aliphatic heterocycles. The molecule has 3 nitrogen and oxygen atoms in total. The highest BCUT2D eigenvalue weighted by Gasteiger charge is 2.22. The third-order valence-corrected chi connectivity index (χ3v) is 5.93. The number of thiophene rings is 1. The molecule has 2 aromatic carbocycles. The number of hydrogen-bond donors (Lipinski definition) is 1. The van der Waals surface area contributed by atoms with E-state index in [4.69, 9.17) is 33.0 Å². The van der Waals surface area contributed by atoms with E-state index in [1.54, 1.807) is 19.1 Å². The van der Waals surface area contributed by atoms with E-state index in [0.29, 0.717) is 15.0 Å². The van der Waals surface area contributed by atoms with Gasteiger partial charge in [0.1, 0.15) is 22.4 Å². The van der Waals surface area contributed by atoms with E-state index in [2.05, 4.69) is 0 Å². The monoisotopic (exact) mass is 416 g/mol. The minimum absolute atomic E-state index is 0.0897. The molecular weight excluding hydrogens is 405 g/mol. The zero-order valence-corrected chi connectivity index (χ0v) is 15.7. The van der Waals surface area contributed by atoms with Crippen LogP contribution in [0, 0.1) is 11.6 Å². The fourth-order valence-corrected chi connectivity index (χ4v) is 4.14. The fraction of sp³-hybridized carbons (Fsp3) is 0.167. The summed E-state index contributed by atoms with van der Waals surface area (Å²) in [6.07, 6.45) is -0.814. The van der Waals surface area contributed by atoms with Crippen molar-refractivity contribution in [3.05, 3.63) is 52.0 Å². The van der Waals surface area contributed by atoms with Crippen LogP contribution < -0.4 is 4.74 Å². The molecule has 0 spiro atoms. The number of fused-ring (bicyclic) bond motifs is 1. The van der Waals surface area contributed by atoms with Crippen molar-refractivity contribution in [3.63, 3.8) is 0 Å². The Bertz CT molecular complexity index is 1000. The van der Waals surface area contributed by atoms with Gasteiger partial charge in [0.05, 0.1) is 9.72 Å². The van der Waals surface area contributed by atoms with E-state index in [1.807, 2.05) is 0 Å². The van der Waals surface area contributed by atoms with Gasteiger partial charge in [-0.05, 0) is 36.1 Å². The van der Waals surface area contributed by atoms with Crippen LogP contribution in [0.25, 0.3) is 20.5 Å². The van der Waals surface area contributed by atoms with E-state index in [-0.39, 0.29) is 27.8 Å². The lowest BCUT2D eigenvalue weighted by molar-refractivity contribution is -0.145. The van der Waals surface area contributed by atoms with E-state index in [9.17, 15) is 13.6 Å². The number of aliphatic carboxylic acids is 1. The van der Waals surface area contributed by atoms with Crippen LogP contribution in [0.4, 0.5) is 8.78 Å². The van der Waals surface area contributed by atoms with Crippen LogP contribution in [-0.2, 0) is 4.79 Å². The Labute approximate surface area is 161 Å². The molecule has 0 saturated heterocycles. The summed E-state index contributed by atoms with van der Waals surface area (Å²) in [6.45, 7) is 1.67. The average molecular weight is 417 g/mol. The van der Waals surface area contributed by atoms with Crippen molar-refractivity contribution in [3.8, 4) is 16.2 Å². The molecule has 0 amide bonds. The summed E-state index contributed by atoms with van der Waals surface area (Å²) < 4.78 is 33.2. The predicted octanol–water partition coefficient (Wildman–Crippen LogP) is 6.40. The molecule has 26 heavy (non-hydrogen) atoms. The van der Waals surface area contributed by atoms with Crippen molar-refractivity contribution >= 4 is 50.6 Å². The van der Waals surface area contributed by atoms with Gasteiger partial charge in [-0.2, -0.15) is 0 Å². The predicted molar refractivity (Wildman–Crippen MR) is 99.5 cm³/mol. The highest BCUT2D eigenvalue weighted by molar-refractivity contribution is 7.23. The second-order valence-electron chi connectivity index (χ2n) is 5.51. The van der Waals surface area contributed by atoms with Gasteiger partial charge in [-0.15, -0.1) is 11.3 Å². The first-order chi connectivity index (χ1) is 12.3. The summed E-state index contributed by atoms with van der Waals surface area (Å²) in [5.74, 6) is -2.32. The van der Waals surface area contributed by atoms with Gasteiger partial charge in [0.2, 0.25) is 0 Å². The van der Waals surface area contributed by atoms with Crippen molar-refractivity contribution in [2.45, 2.75) is 19.4 Å². The summed E-state index contributed by atoms with van der Waals surface area (Å²) in [5, 5.41) is 10.0. The number of benzene rings is 2. The first-order valence-corrected chi connectivity index (χ1v) is 9.15. The first kappa shape index (κ1) is 18.9. The second-order valence-corrected chi connectivity index (χ2v) is 7.32. The lowest BCUT2D eigenvalue weighted by Gasteiger charge is -2.15. The van der Waals surface area contributed by atoms with Crippen LogP contribution in [0.1, 0.15) is 13.3 Å². The van der Waals surface area contributed by atoms with Crippen molar-refractivity contribution in [1.29, 1.82) is 0 Å². The normalized spacial score (nSPS) is 12.3. The maximum atomic E-state index is 14.0. The average Bonchev–Trinajstić information content (AvgIpc) is 3.00. The van der Waals surface area contributed by atoms with E-state index >= 15 is 0 Å². The van der Waals surface area contributed by atoms with Crippen LogP contribution in [0.5, 0.6) is 5.75 Å². The molecule has 1 heterocycles. The van der Waals surface area contributed by atoms with E-state index < -0.39 is 23.7 Å². The highest BCUT2D eigenvalue weighted by atomic mass is 35.5. The minimum Gasteiger partial charge on any atom is -0.479 e. The Hall–Kier alpha value is -1.89. The van der Waals surface area contributed by atoms with Gasteiger partial charge >= 0.3 is 5.97 Å². The van der Waals surface area contributed by atoms with Crippen LogP contribution >= 0.6 is 34.5 Å². The second kappa shape index (κ2) is 7.39. The number of halogens is 4.